The normalized spacial score (nSPS) is 35.6. The van der Waals surface area contributed by atoms with Crippen molar-refractivity contribution < 1.29 is 0 Å². The average molecular weight is 244 g/mol. The molecule has 0 radical (unpaired) electrons. The highest BCUT2D eigenvalue weighted by molar-refractivity contribution is 7.98. The Balaban J connectivity index is 2.67. The van der Waals surface area contributed by atoms with E-state index in [0.717, 1.165) is 24.9 Å². The SMILES string of the molecule is CSCCN(C)C1(CN)CCC(C)CC1C. The first-order valence-electron chi connectivity index (χ1n) is 6.47. The van der Waals surface area contributed by atoms with Crippen LogP contribution in [0.15, 0.2) is 0 Å². The van der Waals surface area contributed by atoms with Crippen molar-refractivity contribution in [1.29, 1.82) is 0 Å². The zero-order valence-corrected chi connectivity index (χ0v) is 12.1. The molecular formula is C13H28N2S. The van der Waals surface area contributed by atoms with E-state index in [1.54, 1.807) is 0 Å². The van der Waals surface area contributed by atoms with Gasteiger partial charge in [0.15, 0.2) is 0 Å². The third-order valence-corrected chi connectivity index (χ3v) is 5.08. The molecule has 1 aliphatic rings. The van der Waals surface area contributed by atoms with Crippen LogP contribution in [0.4, 0.5) is 0 Å². The van der Waals surface area contributed by atoms with Gasteiger partial charge < -0.3 is 5.73 Å². The fourth-order valence-electron chi connectivity index (χ4n) is 3.16. The van der Waals surface area contributed by atoms with Crippen LogP contribution < -0.4 is 5.73 Å². The predicted octanol–water partition coefficient (Wildman–Crippen LogP) is 2.43. The fraction of sp³-hybridized carbons (Fsp3) is 1.00. The molecule has 2 N–H and O–H groups in total. The van der Waals surface area contributed by atoms with Crippen LogP contribution in [0.5, 0.6) is 0 Å². The Morgan fingerprint density at radius 3 is 2.62 bits per heavy atom. The first-order valence-corrected chi connectivity index (χ1v) is 7.86. The summed E-state index contributed by atoms with van der Waals surface area (Å²) in [6.07, 6.45) is 6.12. The number of nitrogens with zero attached hydrogens (tertiary/aromatic N) is 1. The molecule has 1 rings (SSSR count). The molecule has 0 aromatic heterocycles. The fourth-order valence-corrected chi connectivity index (χ4v) is 3.62. The van der Waals surface area contributed by atoms with Gasteiger partial charge in [-0.2, -0.15) is 11.8 Å². The Morgan fingerprint density at radius 1 is 1.44 bits per heavy atom. The van der Waals surface area contributed by atoms with E-state index < -0.39 is 0 Å². The van der Waals surface area contributed by atoms with Gasteiger partial charge in [0.05, 0.1) is 0 Å². The van der Waals surface area contributed by atoms with Gasteiger partial charge in [-0.3, -0.25) is 4.90 Å². The van der Waals surface area contributed by atoms with Gasteiger partial charge >= 0.3 is 0 Å². The van der Waals surface area contributed by atoms with Crippen LogP contribution in [-0.4, -0.2) is 42.6 Å². The largest absolute Gasteiger partial charge is 0.329 e. The molecule has 0 aromatic carbocycles. The molecule has 0 spiro atoms. The van der Waals surface area contributed by atoms with Crippen molar-refractivity contribution in [2.24, 2.45) is 17.6 Å². The summed E-state index contributed by atoms with van der Waals surface area (Å²) in [7, 11) is 2.26. The van der Waals surface area contributed by atoms with E-state index in [2.05, 4.69) is 32.1 Å². The lowest BCUT2D eigenvalue weighted by Crippen LogP contribution is -2.59. The van der Waals surface area contributed by atoms with Crippen molar-refractivity contribution in [2.45, 2.75) is 38.6 Å². The standard InChI is InChI=1S/C13H28N2S/c1-11-5-6-13(10-14,12(2)9-11)15(3)7-8-16-4/h11-12H,5-10,14H2,1-4H3. The maximum Gasteiger partial charge on any atom is 0.0354 e. The molecule has 96 valence electrons. The second-order valence-corrected chi connectivity index (χ2v) is 6.49. The minimum atomic E-state index is 0.266. The van der Waals surface area contributed by atoms with Crippen molar-refractivity contribution in [3.05, 3.63) is 0 Å². The zero-order chi connectivity index (χ0) is 12.2. The highest BCUT2D eigenvalue weighted by Crippen LogP contribution is 2.39. The molecule has 0 saturated heterocycles. The summed E-state index contributed by atoms with van der Waals surface area (Å²) in [5.41, 5.74) is 6.36. The third-order valence-electron chi connectivity index (χ3n) is 4.49. The highest BCUT2D eigenvalue weighted by atomic mass is 32.2. The molecule has 0 bridgehead atoms. The van der Waals surface area contributed by atoms with Gasteiger partial charge in [0, 0.05) is 24.4 Å². The summed E-state index contributed by atoms with van der Waals surface area (Å²) >= 11 is 1.92. The van der Waals surface area contributed by atoms with Crippen LogP contribution in [0, 0.1) is 11.8 Å². The number of rotatable bonds is 5. The summed E-state index contributed by atoms with van der Waals surface area (Å²) in [5, 5.41) is 0. The molecule has 0 amide bonds. The molecule has 2 nitrogen and oxygen atoms in total. The van der Waals surface area contributed by atoms with E-state index in [9.17, 15) is 0 Å². The molecule has 0 heterocycles. The Bertz CT molecular complexity index is 210. The maximum atomic E-state index is 6.10. The third kappa shape index (κ3) is 2.93. The quantitative estimate of drug-likeness (QED) is 0.805. The monoisotopic (exact) mass is 244 g/mol. The number of hydrogen-bond acceptors (Lipinski definition) is 3. The number of hydrogen-bond donors (Lipinski definition) is 1. The number of likely N-dealkylation sites (N-methyl/N-ethyl adjacent to an activating group) is 1. The van der Waals surface area contributed by atoms with Crippen LogP contribution in [0.2, 0.25) is 0 Å². The Hall–Kier alpha value is 0.270. The lowest BCUT2D eigenvalue weighted by atomic mass is 9.69. The molecule has 3 heteroatoms. The van der Waals surface area contributed by atoms with E-state index in [-0.39, 0.29) is 5.54 Å². The van der Waals surface area contributed by atoms with E-state index in [1.165, 1.54) is 25.0 Å². The van der Waals surface area contributed by atoms with Crippen LogP contribution >= 0.6 is 11.8 Å². The number of thioether (sulfide) groups is 1. The maximum absolute atomic E-state index is 6.10. The first kappa shape index (κ1) is 14.3. The summed E-state index contributed by atoms with van der Waals surface area (Å²) in [4.78, 5) is 2.53. The second-order valence-electron chi connectivity index (χ2n) is 5.50. The van der Waals surface area contributed by atoms with Gasteiger partial charge in [-0.25, -0.2) is 0 Å². The summed E-state index contributed by atoms with van der Waals surface area (Å²) in [6.45, 7) is 6.74. The lowest BCUT2D eigenvalue weighted by Gasteiger charge is -2.50. The molecule has 3 atom stereocenters. The molecule has 1 fully saturated rings. The van der Waals surface area contributed by atoms with Gasteiger partial charge in [0.2, 0.25) is 0 Å². The minimum Gasteiger partial charge on any atom is -0.329 e. The molecular weight excluding hydrogens is 216 g/mol. The van der Waals surface area contributed by atoms with E-state index in [0.29, 0.717) is 0 Å². The van der Waals surface area contributed by atoms with Crippen molar-refractivity contribution >= 4 is 11.8 Å². The van der Waals surface area contributed by atoms with Crippen LogP contribution in [0.1, 0.15) is 33.1 Å². The van der Waals surface area contributed by atoms with E-state index in [1.807, 2.05) is 11.8 Å². The smallest absolute Gasteiger partial charge is 0.0354 e. The van der Waals surface area contributed by atoms with Crippen LogP contribution in [-0.2, 0) is 0 Å². The molecule has 16 heavy (non-hydrogen) atoms. The molecule has 1 aliphatic carbocycles. The van der Waals surface area contributed by atoms with E-state index in [4.69, 9.17) is 5.73 Å². The second kappa shape index (κ2) is 6.27. The van der Waals surface area contributed by atoms with Gasteiger partial charge in [0.1, 0.15) is 0 Å². The summed E-state index contributed by atoms with van der Waals surface area (Å²) in [5.74, 6) is 2.82. The topological polar surface area (TPSA) is 29.3 Å². The van der Waals surface area contributed by atoms with Gasteiger partial charge in [-0.05, 0) is 44.4 Å². The predicted molar refractivity (Wildman–Crippen MR) is 75.0 cm³/mol. The number of nitrogens with two attached hydrogens (primary N) is 1. The Morgan fingerprint density at radius 2 is 2.12 bits per heavy atom. The average Bonchev–Trinajstić information content (AvgIpc) is 2.27. The Labute approximate surface area is 105 Å². The molecule has 3 unspecified atom stereocenters. The van der Waals surface area contributed by atoms with Crippen molar-refractivity contribution in [1.82, 2.24) is 4.90 Å². The van der Waals surface area contributed by atoms with Crippen molar-refractivity contribution in [2.75, 3.05) is 32.1 Å². The highest BCUT2D eigenvalue weighted by Gasteiger charge is 2.41. The van der Waals surface area contributed by atoms with Crippen molar-refractivity contribution in [3.8, 4) is 0 Å². The van der Waals surface area contributed by atoms with Gasteiger partial charge in [-0.15, -0.1) is 0 Å². The van der Waals surface area contributed by atoms with Gasteiger partial charge in [-0.1, -0.05) is 13.8 Å². The lowest BCUT2D eigenvalue weighted by molar-refractivity contribution is 0.0227. The summed E-state index contributed by atoms with van der Waals surface area (Å²) in [6, 6.07) is 0. The Kier molecular flexibility index (Phi) is 5.62. The van der Waals surface area contributed by atoms with E-state index >= 15 is 0 Å². The molecule has 1 saturated carbocycles. The summed E-state index contributed by atoms with van der Waals surface area (Å²) < 4.78 is 0. The first-order chi connectivity index (χ1) is 7.56. The molecule has 0 aromatic rings. The van der Waals surface area contributed by atoms with Gasteiger partial charge in [0.25, 0.3) is 0 Å². The van der Waals surface area contributed by atoms with Crippen molar-refractivity contribution in [3.63, 3.8) is 0 Å². The molecule has 0 aliphatic heterocycles. The zero-order valence-electron chi connectivity index (χ0n) is 11.3. The van der Waals surface area contributed by atoms with Crippen LogP contribution in [0.25, 0.3) is 0 Å². The minimum absolute atomic E-state index is 0.266. The van der Waals surface area contributed by atoms with Crippen LogP contribution in [0.3, 0.4) is 0 Å².